The second-order valence-corrected chi connectivity index (χ2v) is 3.85. The van der Waals surface area contributed by atoms with E-state index >= 15 is 0 Å². The van der Waals surface area contributed by atoms with Gasteiger partial charge in [-0.2, -0.15) is 0 Å². The molecule has 0 bridgehead atoms. The average Bonchev–Trinajstić information content (AvgIpc) is 2.63. The minimum atomic E-state index is 0.244. The van der Waals surface area contributed by atoms with Crippen LogP contribution in [0.1, 0.15) is 42.5 Å². The van der Waals surface area contributed by atoms with Crippen LogP contribution in [0.2, 0.25) is 0 Å². The first-order chi connectivity index (χ1) is 6.33. The molecule has 0 amide bonds. The Morgan fingerprint density at radius 1 is 1.38 bits per heavy atom. The topological polar surface area (TPSA) is 26.0 Å². The third-order valence-corrected chi connectivity index (χ3v) is 3.02. The summed E-state index contributed by atoms with van der Waals surface area (Å²) < 4.78 is 0. The number of rotatable bonds is 2. The molecule has 1 atom stereocenters. The van der Waals surface area contributed by atoms with Crippen molar-refractivity contribution in [3.8, 4) is 0 Å². The zero-order valence-corrected chi connectivity index (χ0v) is 8.22. The van der Waals surface area contributed by atoms with Crippen molar-refractivity contribution in [2.45, 2.75) is 38.6 Å². The van der Waals surface area contributed by atoms with E-state index in [0.29, 0.717) is 0 Å². The molecular weight excluding hydrogens is 158 g/mol. The second-order valence-electron chi connectivity index (χ2n) is 3.85. The van der Waals surface area contributed by atoms with E-state index < -0.39 is 0 Å². The van der Waals surface area contributed by atoms with Gasteiger partial charge in [0.1, 0.15) is 0 Å². The Balaban J connectivity index is 2.41. The van der Waals surface area contributed by atoms with E-state index in [2.05, 4.69) is 25.1 Å². The van der Waals surface area contributed by atoms with E-state index in [4.69, 9.17) is 5.73 Å². The van der Waals surface area contributed by atoms with Gasteiger partial charge in [-0.25, -0.2) is 0 Å². The summed E-state index contributed by atoms with van der Waals surface area (Å²) >= 11 is 0. The van der Waals surface area contributed by atoms with Gasteiger partial charge in [0, 0.05) is 6.04 Å². The lowest BCUT2D eigenvalue weighted by Crippen LogP contribution is -2.11. The highest BCUT2D eigenvalue weighted by molar-refractivity contribution is 5.40. The van der Waals surface area contributed by atoms with Gasteiger partial charge in [0.2, 0.25) is 0 Å². The summed E-state index contributed by atoms with van der Waals surface area (Å²) in [6.45, 7) is 2.15. The third-order valence-electron chi connectivity index (χ3n) is 3.02. The van der Waals surface area contributed by atoms with Crippen LogP contribution < -0.4 is 5.73 Å². The fourth-order valence-corrected chi connectivity index (χ4v) is 2.22. The molecule has 1 nitrogen and oxygen atoms in total. The molecule has 13 heavy (non-hydrogen) atoms. The SMILES string of the molecule is CCC(N)c1cccc2c1CCC2. The third kappa shape index (κ3) is 1.49. The van der Waals surface area contributed by atoms with Crippen molar-refractivity contribution in [1.82, 2.24) is 0 Å². The molecule has 0 saturated carbocycles. The fourth-order valence-electron chi connectivity index (χ4n) is 2.22. The zero-order chi connectivity index (χ0) is 9.26. The summed E-state index contributed by atoms with van der Waals surface area (Å²) in [5.74, 6) is 0. The lowest BCUT2D eigenvalue weighted by molar-refractivity contribution is 0.690. The Labute approximate surface area is 80.0 Å². The average molecular weight is 175 g/mol. The summed E-state index contributed by atoms with van der Waals surface area (Å²) in [7, 11) is 0. The Morgan fingerprint density at radius 3 is 3.00 bits per heavy atom. The van der Waals surface area contributed by atoms with Crippen molar-refractivity contribution < 1.29 is 0 Å². The van der Waals surface area contributed by atoms with Crippen LogP contribution in [-0.4, -0.2) is 0 Å². The van der Waals surface area contributed by atoms with E-state index in [0.717, 1.165) is 6.42 Å². The fraction of sp³-hybridized carbons (Fsp3) is 0.500. The summed E-state index contributed by atoms with van der Waals surface area (Å²) in [6.07, 6.45) is 4.83. The maximum atomic E-state index is 6.07. The number of hydrogen-bond acceptors (Lipinski definition) is 1. The van der Waals surface area contributed by atoms with E-state index in [-0.39, 0.29) is 6.04 Å². The largest absolute Gasteiger partial charge is 0.324 e. The van der Waals surface area contributed by atoms with Crippen molar-refractivity contribution in [2.75, 3.05) is 0 Å². The molecule has 0 fully saturated rings. The Hall–Kier alpha value is -0.820. The van der Waals surface area contributed by atoms with Crippen LogP contribution in [-0.2, 0) is 12.8 Å². The van der Waals surface area contributed by atoms with Gasteiger partial charge in [-0.05, 0) is 42.4 Å². The quantitative estimate of drug-likeness (QED) is 0.734. The van der Waals surface area contributed by atoms with Crippen LogP contribution in [0.25, 0.3) is 0 Å². The smallest absolute Gasteiger partial charge is 0.0295 e. The Bertz CT molecular complexity index is 304. The molecule has 1 unspecified atom stereocenters. The molecular formula is C12H17N. The van der Waals surface area contributed by atoms with Crippen molar-refractivity contribution in [1.29, 1.82) is 0 Å². The van der Waals surface area contributed by atoms with Crippen LogP contribution >= 0.6 is 0 Å². The summed E-state index contributed by atoms with van der Waals surface area (Å²) in [5, 5.41) is 0. The first-order valence-corrected chi connectivity index (χ1v) is 5.19. The number of nitrogens with two attached hydrogens (primary N) is 1. The minimum Gasteiger partial charge on any atom is -0.324 e. The molecule has 0 spiro atoms. The number of hydrogen-bond donors (Lipinski definition) is 1. The van der Waals surface area contributed by atoms with Gasteiger partial charge < -0.3 is 5.73 Å². The molecule has 1 heteroatoms. The molecule has 0 radical (unpaired) electrons. The van der Waals surface area contributed by atoms with Crippen molar-refractivity contribution in [2.24, 2.45) is 5.73 Å². The molecule has 1 aliphatic rings. The summed E-state index contributed by atoms with van der Waals surface area (Å²) in [5.41, 5.74) is 10.5. The van der Waals surface area contributed by atoms with Crippen molar-refractivity contribution in [3.63, 3.8) is 0 Å². The molecule has 0 aromatic heterocycles. The maximum absolute atomic E-state index is 6.07. The molecule has 0 heterocycles. The number of fused-ring (bicyclic) bond motifs is 1. The highest BCUT2D eigenvalue weighted by Crippen LogP contribution is 2.29. The van der Waals surface area contributed by atoms with E-state index in [1.165, 1.54) is 36.0 Å². The molecule has 2 N–H and O–H groups in total. The van der Waals surface area contributed by atoms with E-state index in [9.17, 15) is 0 Å². The van der Waals surface area contributed by atoms with Crippen LogP contribution in [0.4, 0.5) is 0 Å². The lowest BCUT2D eigenvalue weighted by Gasteiger charge is -2.13. The van der Waals surface area contributed by atoms with Crippen LogP contribution in [0.15, 0.2) is 18.2 Å². The standard InChI is InChI=1S/C12H17N/c1-2-12(13)11-8-4-6-9-5-3-7-10(9)11/h4,6,8,12H,2-3,5,7,13H2,1H3. The highest BCUT2D eigenvalue weighted by atomic mass is 14.6. The molecule has 1 aliphatic carbocycles. The zero-order valence-electron chi connectivity index (χ0n) is 8.22. The van der Waals surface area contributed by atoms with Gasteiger partial charge in [0.25, 0.3) is 0 Å². The molecule has 1 aromatic carbocycles. The monoisotopic (exact) mass is 175 g/mol. The van der Waals surface area contributed by atoms with Crippen molar-refractivity contribution >= 4 is 0 Å². The number of aryl methyl sites for hydroxylation is 1. The minimum absolute atomic E-state index is 0.244. The maximum Gasteiger partial charge on any atom is 0.0295 e. The van der Waals surface area contributed by atoms with Crippen LogP contribution in [0.3, 0.4) is 0 Å². The lowest BCUT2D eigenvalue weighted by atomic mass is 9.96. The molecule has 0 saturated heterocycles. The normalized spacial score (nSPS) is 17.1. The van der Waals surface area contributed by atoms with Crippen LogP contribution in [0.5, 0.6) is 0 Å². The molecule has 2 rings (SSSR count). The molecule has 70 valence electrons. The van der Waals surface area contributed by atoms with Gasteiger partial charge in [-0.3, -0.25) is 0 Å². The van der Waals surface area contributed by atoms with Gasteiger partial charge in [-0.1, -0.05) is 25.1 Å². The predicted octanol–water partition coefficient (Wildman–Crippen LogP) is 2.59. The highest BCUT2D eigenvalue weighted by Gasteiger charge is 2.16. The van der Waals surface area contributed by atoms with E-state index in [1.54, 1.807) is 0 Å². The van der Waals surface area contributed by atoms with Crippen LogP contribution in [0, 0.1) is 0 Å². The number of benzene rings is 1. The van der Waals surface area contributed by atoms with Crippen molar-refractivity contribution in [3.05, 3.63) is 34.9 Å². The Kier molecular flexibility index (Phi) is 2.36. The molecule has 0 aliphatic heterocycles. The molecule has 1 aromatic rings. The van der Waals surface area contributed by atoms with Gasteiger partial charge in [0.15, 0.2) is 0 Å². The van der Waals surface area contributed by atoms with Gasteiger partial charge >= 0.3 is 0 Å². The second kappa shape index (κ2) is 3.51. The predicted molar refractivity (Wildman–Crippen MR) is 55.7 cm³/mol. The van der Waals surface area contributed by atoms with Gasteiger partial charge in [0.05, 0.1) is 0 Å². The first-order valence-electron chi connectivity index (χ1n) is 5.19. The summed E-state index contributed by atoms with van der Waals surface area (Å²) in [4.78, 5) is 0. The Morgan fingerprint density at radius 2 is 2.23 bits per heavy atom. The summed E-state index contributed by atoms with van der Waals surface area (Å²) in [6, 6.07) is 6.83. The van der Waals surface area contributed by atoms with Gasteiger partial charge in [-0.15, -0.1) is 0 Å². The van der Waals surface area contributed by atoms with E-state index in [1.807, 2.05) is 0 Å². The first kappa shape index (κ1) is 8.76.